The van der Waals surface area contributed by atoms with E-state index in [1.807, 2.05) is 12.1 Å². The molecule has 1 aromatic heterocycles. The summed E-state index contributed by atoms with van der Waals surface area (Å²) in [6, 6.07) is 8.25. The van der Waals surface area contributed by atoms with Crippen LogP contribution in [-0.4, -0.2) is 38.9 Å². The van der Waals surface area contributed by atoms with Crippen molar-refractivity contribution in [1.29, 1.82) is 0 Å². The Morgan fingerprint density at radius 2 is 2.17 bits per heavy atom. The van der Waals surface area contributed by atoms with Gasteiger partial charge in [0.15, 0.2) is 5.96 Å². The fourth-order valence-corrected chi connectivity index (χ4v) is 3.16. The van der Waals surface area contributed by atoms with Crippen LogP contribution in [-0.2, 0) is 17.7 Å². The van der Waals surface area contributed by atoms with Gasteiger partial charge in [0.1, 0.15) is 11.5 Å². The summed E-state index contributed by atoms with van der Waals surface area (Å²) in [4.78, 5) is 4.52. The molecule has 1 fully saturated rings. The third-order valence-corrected chi connectivity index (χ3v) is 4.71. The highest BCUT2D eigenvalue weighted by atomic mass is 127. The Morgan fingerprint density at radius 1 is 1.30 bits per heavy atom. The smallest absolute Gasteiger partial charge is 0.387 e. The van der Waals surface area contributed by atoms with Crippen molar-refractivity contribution in [1.82, 2.24) is 10.6 Å². The van der Waals surface area contributed by atoms with Crippen molar-refractivity contribution in [3.8, 4) is 5.75 Å². The van der Waals surface area contributed by atoms with E-state index in [0.717, 1.165) is 18.8 Å². The zero-order valence-electron chi connectivity index (χ0n) is 16.3. The summed E-state index contributed by atoms with van der Waals surface area (Å²) in [7, 11) is 0. The Kier molecular flexibility index (Phi) is 10.7. The average Bonchev–Trinajstić information content (AvgIpc) is 3.39. The highest BCUT2D eigenvalue weighted by Crippen LogP contribution is 2.25. The van der Waals surface area contributed by atoms with Crippen molar-refractivity contribution in [2.75, 3.05) is 26.3 Å². The Labute approximate surface area is 196 Å². The summed E-state index contributed by atoms with van der Waals surface area (Å²) in [6.45, 7) is 0.0265. The van der Waals surface area contributed by atoms with Crippen molar-refractivity contribution in [3.05, 3.63) is 52.9 Å². The van der Waals surface area contributed by atoms with Crippen LogP contribution in [0.4, 0.5) is 8.78 Å². The van der Waals surface area contributed by atoms with Gasteiger partial charge in [0.05, 0.1) is 19.4 Å². The van der Waals surface area contributed by atoms with Crippen LogP contribution in [0.15, 0.2) is 46.0 Å². The molecule has 1 aromatic carbocycles. The normalized spacial score (nSPS) is 16.4. The van der Waals surface area contributed by atoms with Gasteiger partial charge in [-0.1, -0.05) is 11.6 Å². The lowest BCUT2D eigenvalue weighted by molar-refractivity contribution is -0.0504. The molecule has 1 aliphatic rings. The van der Waals surface area contributed by atoms with E-state index in [-0.39, 0.29) is 36.3 Å². The summed E-state index contributed by atoms with van der Waals surface area (Å²) in [6.07, 6.45) is 3.32. The Hall–Kier alpha value is -1.59. The summed E-state index contributed by atoms with van der Waals surface area (Å²) in [5, 5.41) is 6.97. The first kappa shape index (κ1) is 24.7. The Morgan fingerprint density at radius 3 is 2.87 bits per heavy atom. The molecule has 0 spiro atoms. The van der Waals surface area contributed by atoms with Gasteiger partial charge in [-0.2, -0.15) is 8.78 Å². The number of rotatable bonds is 9. The van der Waals surface area contributed by atoms with Crippen LogP contribution in [0.5, 0.6) is 5.75 Å². The zero-order chi connectivity index (χ0) is 20.5. The van der Waals surface area contributed by atoms with Gasteiger partial charge >= 0.3 is 6.61 Å². The van der Waals surface area contributed by atoms with Crippen molar-refractivity contribution in [3.63, 3.8) is 0 Å². The molecule has 10 heteroatoms. The van der Waals surface area contributed by atoms with Gasteiger partial charge in [-0.3, -0.25) is 0 Å². The quantitative estimate of drug-likeness (QED) is 0.272. The van der Waals surface area contributed by atoms with Gasteiger partial charge in [-0.05, 0) is 36.8 Å². The minimum absolute atomic E-state index is 0. The number of hydrogen-bond acceptors (Lipinski definition) is 4. The summed E-state index contributed by atoms with van der Waals surface area (Å²) in [5.74, 6) is 1.91. The molecule has 2 heterocycles. The molecule has 1 saturated heterocycles. The fraction of sp³-hybridized carbons (Fsp3) is 0.450. The lowest BCUT2D eigenvalue weighted by Crippen LogP contribution is -2.40. The lowest BCUT2D eigenvalue weighted by Gasteiger charge is -2.15. The predicted octanol–water partition coefficient (Wildman–Crippen LogP) is 4.47. The molecule has 30 heavy (non-hydrogen) atoms. The maximum absolute atomic E-state index is 12.7. The van der Waals surface area contributed by atoms with Crippen LogP contribution in [0.2, 0.25) is 5.02 Å². The molecule has 0 aliphatic carbocycles. The van der Waals surface area contributed by atoms with Gasteiger partial charge in [-0.25, -0.2) is 4.99 Å². The molecule has 6 nitrogen and oxygen atoms in total. The molecule has 2 N–H and O–H groups in total. The lowest BCUT2D eigenvalue weighted by atomic mass is 10.1. The van der Waals surface area contributed by atoms with Gasteiger partial charge in [0, 0.05) is 42.6 Å². The number of halogens is 4. The SMILES string of the molecule is FC(F)Oc1ccc(Cl)cc1CN=C(NCCc1ccco1)NCC1CCOC1.I. The van der Waals surface area contributed by atoms with Gasteiger partial charge in [-0.15, -0.1) is 24.0 Å². The summed E-state index contributed by atoms with van der Waals surface area (Å²) < 4.78 is 40.6. The monoisotopic (exact) mass is 555 g/mol. The number of guanidine groups is 1. The van der Waals surface area contributed by atoms with E-state index >= 15 is 0 Å². The van der Waals surface area contributed by atoms with E-state index in [2.05, 4.69) is 20.4 Å². The Bertz CT molecular complexity index is 788. The number of aliphatic imine (C=N–C) groups is 1. The van der Waals surface area contributed by atoms with Crippen molar-refractivity contribution < 1.29 is 22.7 Å². The number of benzene rings is 1. The highest BCUT2D eigenvalue weighted by molar-refractivity contribution is 14.0. The van der Waals surface area contributed by atoms with Crippen molar-refractivity contribution >= 4 is 41.5 Å². The van der Waals surface area contributed by atoms with Gasteiger partial charge in [0.2, 0.25) is 0 Å². The second-order valence-electron chi connectivity index (χ2n) is 6.66. The van der Waals surface area contributed by atoms with E-state index in [9.17, 15) is 8.78 Å². The number of ether oxygens (including phenoxy) is 2. The molecule has 0 bridgehead atoms. The molecule has 1 aliphatic heterocycles. The first-order valence-corrected chi connectivity index (χ1v) is 9.83. The first-order chi connectivity index (χ1) is 14.1. The second-order valence-corrected chi connectivity index (χ2v) is 7.10. The van der Waals surface area contributed by atoms with E-state index < -0.39 is 6.61 Å². The molecule has 1 atom stereocenters. The molecule has 0 saturated carbocycles. The molecule has 166 valence electrons. The predicted molar refractivity (Wildman–Crippen MR) is 122 cm³/mol. The van der Waals surface area contributed by atoms with Crippen LogP contribution in [0.25, 0.3) is 0 Å². The maximum Gasteiger partial charge on any atom is 0.387 e. The standard InChI is InChI=1S/C20H24ClF2N3O3.HI/c21-16-3-4-18(29-19(22)23)15(10-16)12-26-20(25-11-14-6-9-27-13-14)24-7-5-17-2-1-8-28-17;/h1-4,8,10,14,19H,5-7,9,11-13H2,(H2,24,25,26);1H. The second kappa shape index (κ2) is 13.0. The summed E-state index contributed by atoms with van der Waals surface area (Å²) in [5.41, 5.74) is 0.481. The first-order valence-electron chi connectivity index (χ1n) is 9.45. The molecular weight excluding hydrogens is 531 g/mol. The third-order valence-electron chi connectivity index (χ3n) is 4.47. The van der Waals surface area contributed by atoms with Crippen LogP contribution in [0, 0.1) is 5.92 Å². The van der Waals surface area contributed by atoms with E-state index in [0.29, 0.717) is 48.6 Å². The van der Waals surface area contributed by atoms with Crippen LogP contribution < -0.4 is 15.4 Å². The average molecular weight is 556 g/mol. The number of nitrogens with zero attached hydrogens (tertiary/aromatic N) is 1. The van der Waals surface area contributed by atoms with E-state index in [4.69, 9.17) is 20.8 Å². The topological polar surface area (TPSA) is 68.0 Å². The van der Waals surface area contributed by atoms with E-state index in [1.54, 1.807) is 12.3 Å². The highest BCUT2D eigenvalue weighted by Gasteiger charge is 2.16. The molecule has 0 radical (unpaired) electrons. The minimum Gasteiger partial charge on any atom is -0.469 e. The number of alkyl halides is 2. The Balaban J connectivity index is 0.00000320. The number of furan rings is 1. The minimum atomic E-state index is -2.91. The maximum atomic E-state index is 12.7. The third kappa shape index (κ3) is 8.27. The van der Waals surface area contributed by atoms with E-state index in [1.165, 1.54) is 12.1 Å². The van der Waals surface area contributed by atoms with Crippen LogP contribution in [0.1, 0.15) is 17.7 Å². The van der Waals surface area contributed by atoms with Crippen molar-refractivity contribution in [2.24, 2.45) is 10.9 Å². The molecule has 1 unspecified atom stereocenters. The molecule has 2 aromatic rings. The fourth-order valence-electron chi connectivity index (χ4n) is 2.97. The molecular formula is C20H25ClF2IN3O3. The number of nitrogens with one attached hydrogen (secondary N) is 2. The zero-order valence-corrected chi connectivity index (χ0v) is 19.4. The van der Waals surface area contributed by atoms with Gasteiger partial charge < -0.3 is 24.5 Å². The summed E-state index contributed by atoms with van der Waals surface area (Å²) >= 11 is 6.01. The largest absolute Gasteiger partial charge is 0.469 e. The number of hydrogen-bond donors (Lipinski definition) is 2. The van der Waals surface area contributed by atoms with Crippen LogP contribution >= 0.6 is 35.6 Å². The van der Waals surface area contributed by atoms with Crippen LogP contribution in [0.3, 0.4) is 0 Å². The molecule has 3 rings (SSSR count). The van der Waals surface area contributed by atoms with Gasteiger partial charge in [0.25, 0.3) is 0 Å². The molecule has 0 amide bonds. The van der Waals surface area contributed by atoms with Crippen molar-refractivity contribution in [2.45, 2.75) is 26.0 Å².